The summed E-state index contributed by atoms with van der Waals surface area (Å²) in [5, 5.41) is 10.1. The van der Waals surface area contributed by atoms with Crippen LogP contribution < -0.4 is 0 Å². The molecule has 1 aliphatic heterocycles. The molecule has 0 bridgehead atoms. The van der Waals surface area contributed by atoms with Crippen LogP contribution in [0.15, 0.2) is 22.8 Å². The Morgan fingerprint density at radius 2 is 2.08 bits per heavy atom. The molecule has 1 N–H and O–H groups in total. The molecule has 1 fully saturated rings. The second-order valence-electron chi connectivity index (χ2n) is 7.30. The number of ether oxygens (including phenoxy) is 1. The SMILES string of the molecule is COC1CC(CC(=O)O)N(C(=O)Cc2coc3cc4c(cc23)CCC4)C1. The first kappa shape index (κ1) is 17.1. The number of carbonyl (C=O) groups is 2. The van der Waals surface area contributed by atoms with E-state index in [0.717, 1.165) is 29.4 Å². The van der Waals surface area contributed by atoms with Gasteiger partial charge < -0.3 is 19.2 Å². The van der Waals surface area contributed by atoms with Crippen molar-refractivity contribution < 1.29 is 23.8 Å². The quantitative estimate of drug-likeness (QED) is 0.890. The molecule has 0 radical (unpaired) electrons. The molecule has 2 heterocycles. The number of carboxylic acids is 1. The lowest BCUT2D eigenvalue weighted by molar-refractivity contribution is -0.139. The first-order chi connectivity index (χ1) is 12.5. The van der Waals surface area contributed by atoms with E-state index in [-0.39, 0.29) is 30.9 Å². The Hall–Kier alpha value is -2.34. The predicted octanol–water partition coefficient (Wildman–Crippen LogP) is 2.55. The van der Waals surface area contributed by atoms with Crippen molar-refractivity contribution in [3.63, 3.8) is 0 Å². The van der Waals surface area contributed by atoms with E-state index in [0.29, 0.717) is 13.0 Å². The second-order valence-corrected chi connectivity index (χ2v) is 7.30. The average molecular weight is 357 g/mol. The van der Waals surface area contributed by atoms with Crippen LogP contribution in [0.3, 0.4) is 0 Å². The summed E-state index contributed by atoms with van der Waals surface area (Å²) in [6, 6.07) is 3.93. The van der Waals surface area contributed by atoms with Gasteiger partial charge in [-0.1, -0.05) is 0 Å². The van der Waals surface area contributed by atoms with Gasteiger partial charge in [-0.3, -0.25) is 9.59 Å². The number of hydrogen-bond donors (Lipinski definition) is 1. The molecule has 1 amide bonds. The maximum atomic E-state index is 12.9. The standard InChI is InChI=1S/C20H23NO5/c1-25-16-8-15(9-20(23)24)21(10-16)19(22)7-14-11-26-18-6-13-4-2-3-12(13)5-17(14)18/h5-6,11,15-16H,2-4,7-10H2,1H3,(H,23,24). The Morgan fingerprint density at radius 1 is 1.31 bits per heavy atom. The van der Waals surface area contributed by atoms with Crippen LogP contribution in [0.5, 0.6) is 0 Å². The van der Waals surface area contributed by atoms with Crippen molar-refractivity contribution in [1.29, 1.82) is 0 Å². The highest BCUT2D eigenvalue weighted by Crippen LogP contribution is 2.31. The van der Waals surface area contributed by atoms with Gasteiger partial charge in [-0.05, 0) is 48.9 Å². The van der Waals surface area contributed by atoms with Gasteiger partial charge in [0.2, 0.25) is 5.91 Å². The monoisotopic (exact) mass is 357 g/mol. The van der Waals surface area contributed by atoms with Crippen molar-refractivity contribution in [1.82, 2.24) is 4.90 Å². The molecule has 2 aromatic rings. The number of likely N-dealkylation sites (tertiary alicyclic amines) is 1. The lowest BCUT2D eigenvalue weighted by atomic mass is 10.0. The number of furan rings is 1. The summed E-state index contributed by atoms with van der Waals surface area (Å²) >= 11 is 0. The first-order valence-electron chi connectivity index (χ1n) is 9.11. The van der Waals surface area contributed by atoms with Crippen molar-refractivity contribution in [2.24, 2.45) is 0 Å². The first-order valence-corrected chi connectivity index (χ1v) is 9.11. The van der Waals surface area contributed by atoms with Gasteiger partial charge >= 0.3 is 5.97 Å². The largest absolute Gasteiger partial charge is 0.481 e. The minimum absolute atomic E-state index is 0.0504. The zero-order valence-corrected chi connectivity index (χ0v) is 14.9. The molecule has 6 heteroatoms. The number of aryl methyl sites for hydroxylation is 2. The number of fused-ring (bicyclic) bond motifs is 2. The Labute approximate surface area is 151 Å². The zero-order chi connectivity index (χ0) is 18.3. The van der Waals surface area contributed by atoms with E-state index < -0.39 is 5.97 Å². The number of nitrogens with zero attached hydrogens (tertiary/aromatic N) is 1. The fourth-order valence-electron chi connectivity index (χ4n) is 4.29. The number of benzene rings is 1. The fraction of sp³-hybridized carbons (Fsp3) is 0.500. The van der Waals surface area contributed by atoms with Gasteiger partial charge in [0.25, 0.3) is 0 Å². The van der Waals surface area contributed by atoms with Gasteiger partial charge in [-0.2, -0.15) is 0 Å². The zero-order valence-electron chi connectivity index (χ0n) is 14.9. The third-order valence-corrected chi connectivity index (χ3v) is 5.65. The number of amides is 1. The molecule has 2 aliphatic rings. The molecule has 1 aromatic carbocycles. The highest BCUT2D eigenvalue weighted by Gasteiger charge is 2.36. The number of aliphatic carboxylic acids is 1. The number of carbonyl (C=O) groups excluding carboxylic acids is 1. The van der Waals surface area contributed by atoms with Crippen LogP contribution in [0.25, 0.3) is 11.0 Å². The normalized spacial score (nSPS) is 22.1. The van der Waals surface area contributed by atoms with Crippen LogP contribution in [0, 0.1) is 0 Å². The summed E-state index contributed by atoms with van der Waals surface area (Å²) in [6.45, 7) is 0.443. The number of rotatable bonds is 5. The van der Waals surface area contributed by atoms with E-state index in [2.05, 4.69) is 12.1 Å². The molecule has 1 aliphatic carbocycles. The minimum atomic E-state index is -0.895. The fourth-order valence-corrected chi connectivity index (χ4v) is 4.29. The van der Waals surface area contributed by atoms with Gasteiger partial charge in [-0.25, -0.2) is 0 Å². The molecule has 2 unspecified atom stereocenters. The molecule has 0 spiro atoms. The smallest absolute Gasteiger partial charge is 0.305 e. The van der Waals surface area contributed by atoms with Gasteiger partial charge in [-0.15, -0.1) is 0 Å². The number of carboxylic acid groups (broad SMARTS) is 1. The second kappa shape index (κ2) is 6.76. The Kier molecular flexibility index (Phi) is 4.44. The summed E-state index contributed by atoms with van der Waals surface area (Å²) < 4.78 is 11.0. The van der Waals surface area contributed by atoms with E-state index in [4.69, 9.17) is 14.3 Å². The van der Waals surface area contributed by atoms with Crippen molar-refractivity contribution in [2.45, 2.75) is 50.7 Å². The van der Waals surface area contributed by atoms with Crippen LogP contribution in [-0.2, 0) is 33.6 Å². The maximum Gasteiger partial charge on any atom is 0.305 e. The molecule has 0 saturated carbocycles. The van der Waals surface area contributed by atoms with Gasteiger partial charge in [0.1, 0.15) is 5.58 Å². The third-order valence-electron chi connectivity index (χ3n) is 5.65. The lowest BCUT2D eigenvalue weighted by Crippen LogP contribution is -2.38. The van der Waals surface area contributed by atoms with Gasteiger partial charge in [0.15, 0.2) is 0 Å². The number of hydrogen-bond acceptors (Lipinski definition) is 4. The van der Waals surface area contributed by atoms with E-state index in [1.165, 1.54) is 17.5 Å². The average Bonchev–Trinajstić information content (AvgIpc) is 3.31. The van der Waals surface area contributed by atoms with Gasteiger partial charge in [0, 0.05) is 30.6 Å². The Balaban J connectivity index is 1.55. The molecular formula is C20H23NO5. The van der Waals surface area contributed by atoms with Crippen LogP contribution in [-0.4, -0.2) is 47.7 Å². The predicted molar refractivity (Wildman–Crippen MR) is 95.1 cm³/mol. The minimum Gasteiger partial charge on any atom is -0.481 e. The lowest BCUT2D eigenvalue weighted by Gasteiger charge is -2.23. The van der Waals surface area contributed by atoms with Crippen molar-refractivity contribution >= 4 is 22.8 Å². The molecule has 2 atom stereocenters. The van der Waals surface area contributed by atoms with Crippen molar-refractivity contribution in [2.75, 3.05) is 13.7 Å². The van der Waals surface area contributed by atoms with Gasteiger partial charge in [0.05, 0.1) is 25.2 Å². The van der Waals surface area contributed by atoms with E-state index in [9.17, 15) is 9.59 Å². The summed E-state index contributed by atoms with van der Waals surface area (Å²) in [6.07, 6.45) is 5.62. The Morgan fingerprint density at radius 3 is 2.81 bits per heavy atom. The Bertz CT molecular complexity index is 855. The van der Waals surface area contributed by atoms with E-state index in [1.54, 1.807) is 18.3 Å². The highest BCUT2D eigenvalue weighted by molar-refractivity contribution is 5.89. The van der Waals surface area contributed by atoms with E-state index >= 15 is 0 Å². The number of methoxy groups -OCH3 is 1. The third kappa shape index (κ3) is 3.09. The summed E-state index contributed by atoms with van der Waals surface area (Å²) in [5.74, 6) is -0.965. The van der Waals surface area contributed by atoms with Crippen LogP contribution in [0.4, 0.5) is 0 Å². The summed E-state index contributed by atoms with van der Waals surface area (Å²) in [5.41, 5.74) is 4.38. The molecule has 1 saturated heterocycles. The topological polar surface area (TPSA) is 80.0 Å². The maximum absolute atomic E-state index is 12.9. The van der Waals surface area contributed by atoms with Crippen molar-refractivity contribution in [3.05, 3.63) is 35.1 Å². The molecule has 6 nitrogen and oxygen atoms in total. The summed E-state index contributed by atoms with van der Waals surface area (Å²) in [7, 11) is 1.60. The van der Waals surface area contributed by atoms with E-state index in [1.807, 2.05) is 0 Å². The van der Waals surface area contributed by atoms with Crippen LogP contribution in [0.2, 0.25) is 0 Å². The van der Waals surface area contributed by atoms with Crippen LogP contribution in [0.1, 0.15) is 36.0 Å². The highest BCUT2D eigenvalue weighted by atomic mass is 16.5. The van der Waals surface area contributed by atoms with Crippen molar-refractivity contribution in [3.8, 4) is 0 Å². The molecular weight excluding hydrogens is 334 g/mol. The molecule has 138 valence electrons. The molecule has 1 aromatic heterocycles. The van der Waals surface area contributed by atoms with Crippen LogP contribution >= 0.6 is 0 Å². The summed E-state index contributed by atoms with van der Waals surface area (Å²) in [4.78, 5) is 25.7. The molecule has 4 rings (SSSR count). The molecule has 26 heavy (non-hydrogen) atoms.